The molecule has 1 saturated heterocycles. The molecule has 3 aromatic rings. The minimum absolute atomic E-state index is 0.146. The molecule has 0 aliphatic carbocycles. The summed E-state index contributed by atoms with van der Waals surface area (Å²) in [5, 5.41) is 7.36. The number of aryl methyl sites for hydroxylation is 2. The van der Waals surface area contributed by atoms with E-state index in [9.17, 15) is 9.18 Å². The van der Waals surface area contributed by atoms with Crippen molar-refractivity contribution < 1.29 is 9.18 Å². The van der Waals surface area contributed by atoms with Crippen molar-refractivity contribution in [2.75, 3.05) is 45.1 Å². The maximum absolute atomic E-state index is 13.8. The molecule has 1 N–H and O–H groups in total. The van der Waals surface area contributed by atoms with E-state index in [1.165, 1.54) is 12.1 Å². The molecule has 1 aromatic carbocycles. The third kappa shape index (κ3) is 5.12. The SMILES string of the molecule is Cc1cc(C)n(-c2cc(NC(=O)CN3CCN(C)CC3)nc(-c3cccc(F)c3)n2)n1. The summed E-state index contributed by atoms with van der Waals surface area (Å²) in [5.74, 6) is 0.663. The lowest BCUT2D eigenvalue weighted by atomic mass is 10.2. The van der Waals surface area contributed by atoms with Crippen LogP contribution in [-0.4, -0.2) is 75.2 Å². The summed E-state index contributed by atoms with van der Waals surface area (Å²) in [7, 11) is 2.08. The molecular weight excluding hydrogens is 397 g/mol. The number of nitrogens with zero attached hydrogens (tertiary/aromatic N) is 6. The minimum Gasteiger partial charge on any atom is -0.309 e. The van der Waals surface area contributed by atoms with E-state index in [2.05, 4.69) is 37.2 Å². The zero-order valence-electron chi connectivity index (χ0n) is 18.0. The number of carbonyl (C=O) groups is 1. The molecule has 1 fully saturated rings. The molecule has 0 saturated carbocycles. The van der Waals surface area contributed by atoms with Gasteiger partial charge in [-0.2, -0.15) is 5.10 Å². The average molecular weight is 423 g/mol. The molecule has 0 bridgehead atoms. The van der Waals surface area contributed by atoms with Crippen LogP contribution < -0.4 is 5.32 Å². The van der Waals surface area contributed by atoms with Crippen LogP contribution in [0, 0.1) is 19.7 Å². The van der Waals surface area contributed by atoms with E-state index >= 15 is 0 Å². The van der Waals surface area contributed by atoms with Crippen molar-refractivity contribution in [3.05, 3.63) is 53.6 Å². The van der Waals surface area contributed by atoms with Gasteiger partial charge in [-0.25, -0.2) is 19.0 Å². The predicted octanol–water partition coefficient (Wildman–Crippen LogP) is 2.27. The van der Waals surface area contributed by atoms with Gasteiger partial charge in [0.15, 0.2) is 11.6 Å². The normalized spacial score (nSPS) is 15.2. The van der Waals surface area contributed by atoms with Crippen LogP contribution >= 0.6 is 0 Å². The Morgan fingerprint density at radius 3 is 2.55 bits per heavy atom. The zero-order chi connectivity index (χ0) is 22.0. The summed E-state index contributed by atoms with van der Waals surface area (Å²) in [4.78, 5) is 26.1. The molecule has 162 valence electrons. The van der Waals surface area contributed by atoms with Crippen molar-refractivity contribution in [3.63, 3.8) is 0 Å². The van der Waals surface area contributed by atoms with Crippen molar-refractivity contribution >= 4 is 11.7 Å². The topological polar surface area (TPSA) is 79.2 Å². The van der Waals surface area contributed by atoms with E-state index < -0.39 is 0 Å². The maximum Gasteiger partial charge on any atom is 0.239 e. The number of halogens is 1. The molecule has 1 aliphatic heterocycles. The first-order chi connectivity index (χ1) is 14.9. The lowest BCUT2D eigenvalue weighted by Gasteiger charge is -2.31. The highest BCUT2D eigenvalue weighted by molar-refractivity contribution is 5.91. The Hall–Kier alpha value is -3.17. The smallest absolute Gasteiger partial charge is 0.239 e. The number of hydrogen-bond donors (Lipinski definition) is 1. The van der Waals surface area contributed by atoms with E-state index in [0.29, 0.717) is 29.6 Å². The Morgan fingerprint density at radius 1 is 1.10 bits per heavy atom. The fourth-order valence-electron chi connectivity index (χ4n) is 3.62. The van der Waals surface area contributed by atoms with Crippen molar-refractivity contribution in [2.24, 2.45) is 0 Å². The molecule has 0 unspecified atom stereocenters. The Labute approximate surface area is 180 Å². The summed E-state index contributed by atoms with van der Waals surface area (Å²) in [6, 6.07) is 9.71. The number of anilines is 1. The fraction of sp³-hybridized carbons (Fsp3) is 0.364. The van der Waals surface area contributed by atoms with Crippen LogP contribution in [0.15, 0.2) is 36.4 Å². The zero-order valence-corrected chi connectivity index (χ0v) is 18.0. The van der Waals surface area contributed by atoms with E-state index in [4.69, 9.17) is 0 Å². The molecule has 1 aliphatic rings. The molecule has 9 heteroatoms. The van der Waals surface area contributed by atoms with E-state index in [1.54, 1.807) is 22.9 Å². The summed E-state index contributed by atoms with van der Waals surface area (Å²) < 4.78 is 15.5. The Balaban J connectivity index is 1.63. The van der Waals surface area contributed by atoms with Gasteiger partial charge in [0.25, 0.3) is 0 Å². The molecule has 31 heavy (non-hydrogen) atoms. The molecule has 1 amide bonds. The quantitative estimate of drug-likeness (QED) is 0.678. The van der Waals surface area contributed by atoms with Gasteiger partial charge in [-0.15, -0.1) is 0 Å². The van der Waals surface area contributed by atoms with Gasteiger partial charge >= 0.3 is 0 Å². The monoisotopic (exact) mass is 423 g/mol. The molecule has 0 radical (unpaired) electrons. The second-order valence-electron chi connectivity index (χ2n) is 7.91. The summed E-state index contributed by atoms with van der Waals surface area (Å²) >= 11 is 0. The van der Waals surface area contributed by atoms with Crippen molar-refractivity contribution in [2.45, 2.75) is 13.8 Å². The third-order valence-corrected chi connectivity index (χ3v) is 5.25. The van der Waals surface area contributed by atoms with Gasteiger partial charge in [-0.05, 0) is 39.1 Å². The van der Waals surface area contributed by atoms with Crippen LogP contribution in [0.1, 0.15) is 11.4 Å². The average Bonchev–Trinajstić information content (AvgIpc) is 3.07. The standard InChI is InChI=1S/C22H26FN7O/c1-15-11-16(2)30(27-15)20-13-19(24-21(31)14-29-9-7-28(3)8-10-29)25-22(26-20)17-5-4-6-18(23)12-17/h4-6,11-13H,7-10,14H2,1-3H3,(H,24,25,26,31). The molecule has 0 spiro atoms. The van der Waals surface area contributed by atoms with Gasteiger partial charge in [-0.3, -0.25) is 9.69 Å². The number of rotatable bonds is 5. The molecule has 4 rings (SSSR count). The lowest BCUT2D eigenvalue weighted by Crippen LogP contribution is -2.47. The van der Waals surface area contributed by atoms with Crippen molar-refractivity contribution in [1.29, 1.82) is 0 Å². The van der Waals surface area contributed by atoms with Gasteiger partial charge in [-0.1, -0.05) is 12.1 Å². The van der Waals surface area contributed by atoms with Gasteiger partial charge in [0.2, 0.25) is 5.91 Å². The first kappa shape index (κ1) is 21.1. The van der Waals surface area contributed by atoms with Gasteiger partial charge in [0.05, 0.1) is 12.2 Å². The second kappa shape index (κ2) is 8.91. The van der Waals surface area contributed by atoms with Gasteiger partial charge in [0, 0.05) is 43.5 Å². The fourth-order valence-corrected chi connectivity index (χ4v) is 3.62. The number of benzene rings is 1. The minimum atomic E-state index is -0.377. The first-order valence-corrected chi connectivity index (χ1v) is 10.3. The molecule has 0 atom stereocenters. The van der Waals surface area contributed by atoms with Crippen LogP contribution in [0.2, 0.25) is 0 Å². The third-order valence-electron chi connectivity index (χ3n) is 5.25. The van der Waals surface area contributed by atoms with Gasteiger partial charge < -0.3 is 10.2 Å². The molecular formula is C22H26FN7O. The first-order valence-electron chi connectivity index (χ1n) is 10.3. The number of carbonyl (C=O) groups excluding carboxylic acids is 1. The maximum atomic E-state index is 13.8. The lowest BCUT2D eigenvalue weighted by molar-refractivity contribution is -0.117. The summed E-state index contributed by atoms with van der Waals surface area (Å²) in [6.45, 7) is 7.69. The van der Waals surface area contributed by atoms with Gasteiger partial charge in [0.1, 0.15) is 11.6 Å². The highest BCUT2D eigenvalue weighted by atomic mass is 19.1. The Bertz CT molecular complexity index is 1090. The largest absolute Gasteiger partial charge is 0.309 e. The van der Waals surface area contributed by atoms with Crippen LogP contribution in [0.5, 0.6) is 0 Å². The molecule has 2 aromatic heterocycles. The van der Waals surface area contributed by atoms with Crippen LogP contribution in [0.25, 0.3) is 17.2 Å². The highest BCUT2D eigenvalue weighted by Gasteiger charge is 2.18. The van der Waals surface area contributed by atoms with Crippen LogP contribution in [0.4, 0.5) is 10.2 Å². The van der Waals surface area contributed by atoms with E-state index in [0.717, 1.165) is 37.6 Å². The summed E-state index contributed by atoms with van der Waals surface area (Å²) in [6.07, 6.45) is 0. The highest BCUT2D eigenvalue weighted by Crippen LogP contribution is 2.21. The Kier molecular flexibility index (Phi) is 6.06. The van der Waals surface area contributed by atoms with Crippen molar-refractivity contribution in [3.8, 4) is 17.2 Å². The number of hydrogen-bond acceptors (Lipinski definition) is 6. The number of amides is 1. The predicted molar refractivity (Wildman–Crippen MR) is 117 cm³/mol. The number of aromatic nitrogens is 4. The van der Waals surface area contributed by atoms with Crippen LogP contribution in [-0.2, 0) is 4.79 Å². The Morgan fingerprint density at radius 2 is 1.87 bits per heavy atom. The molecule has 8 nitrogen and oxygen atoms in total. The second-order valence-corrected chi connectivity index (χ2v) is 7.91. The summed E-state index contributed by atoms with van der Waals surface area (Å²) in [5.41, 5.74) is 2.28. The van der Waals surface area contributed by atoms with Crippen LogP contribution in [0.3, 0.4) is 0 Å². The molecule has 3 heterocycles. The van der Waals surface area contributed by atoms with E-state index in [1.807, 2.05) is 19.9 Å². The number of piperazine rings is 1. The number of nitrogens with one attached hydrogen (secondary N) is 1. The van der Waals surface area contributed by atoms with E-state index in [-0.39, 0.29) is 11.7 Å². The van der Waals surface area contributed by atoms with Crippen molar-refractivity contribution in [1.82, 2.24) is 29.5 Å². The number of likely N-dealkylation sites (N-methyl/N-ethyl adjacent to an activating group) is 1.